The lowest BCUT2D eigenvalue weighted by atomic mass is 10.0. The van der Waals surface area contributed by atoms with Gasteiger partial charge >= 0.3 is 0 Å². The summed E-state index contributed by atoms with van der Waals surface area (Å²) in [4.78, 5) is 16.5. The van der Waals surface area contributed by atoms with Crippen LogP contribution in [0.5, 0.6) is 0 Å². The highest BCUT2D eigenvalue weighted by atomic mass is 35.5. The van der Waals surface area contributed by atoms with Gasteiger partial charge in [-0.05, 0) is 50.2 Å². The van der Waals surface area contributed by atoms with E-state index in [1.165, 1.54) is 0 Å². The van der Waals surface area contributed by atoms with Gasteiger partial charge < -0.3 is 10.6 Å². The number of likely N-dealkylation sites (N-methyl/N-ethyl adjacent to an activating group) is 1. The fourth-order valence-electron chi connectivity index (χ4n) is 2.10. The molecule has 0 unspecified atom stereocenters. The first-order chi connectivity index (χ1) is 10.2. The topological polar surface area (TPSA) is 54.0 Å². The summed E-state index contributed by atoms with van der Waals surface area (Å²) < 4.78 is 0. The van der Waals surface area contributed by atoms with Crippen LogP contribution >= 0.6 is 12.4 Å². The molecular formula is C17H22ClN3O. The minimum atomic E-state index is -0.0396. The van der Waals surface area contributed by atoms with E-state index in [9.17, 15) is 4.79 Å². The number of carbonyl (C=O) groups excluding carboxylic acids is 1. The molecule has 1 heterocycles. The highest BCUT2D eigenvalue weighted by molar-refractivity contribution is 5.95. The van der Waals surface area contributed by atoms with Gasteiger partial charge in [0.15, 0.2) is 0 Å². The van der Waals surface area contributed by atoms with Crippen LogP contribution in [-0.4, -0.2) is 24.5 Å². The summed E-state index contributed by atoms with van der Waals surface area (Å²) in [5.41, 5.74) is 3.78. The molecule has 1 amide bonds. The Balaban J connectivity index is 0.00000242. The van der Waals surface area contributed by atoms with Gasteiger partial charge in [0.2, 0.25) is 0 Å². The van der Waals surface area contributed by atoms with Crippen molar-refractivity contribution in [1.82, 2.24) is 15.6 Å². The normalized spacial score (nSPS) is 9.91. The van der Waals surface area contributed by atoms with E-state index in [0.29, 0.717) is 6.54 Å². The van der Waals surface area contributed by atoms with Crippen LogP contribution in [0.2, 0.25) is 0 Å². The standard InChI is InChI=1S/C17H21N3O.ClH/c1-13-7-8-14(11-19-13)12-20-17(21)16-6-4-3-5-15(16)9-10-18-2;/h3-8,11,18H,9-10,12H2,1-2H3,(H,20,21);1H. The number of hydrogen-bond donors (Lipinski definition) is 2. The van der Waals surface area contributed by atoms with Crippen molar-refractivity contribution in [2.45, 2.75) is 19.9 Å². The molecule has 0 atom stereocenters. The highest BCUT2D eigenvalue weighted by Crippen LogP contribution is 2.10. The molecule has 0 fully saturated rings. The molecule has 2 aromatic rings. The van der Waals surface area contributed by atoms with Crippen LogP contribution in [0.3, 0.4) is 0 Å². The van der Waals surface area contributed by atoms with Gasteiger partial charge in [-0.1, -0.05) is 24.3 Å². The van der Waals surface area contributed by atoms with E-state index in [0.717, 1.165) is 35.3 Å². The lowest BCUT2D eigenvalue weighted by Crippen LogP contribution is -2.24. The summed E-state index contributed by atoms with van der Waals surface area (Å²) in [7, 11) is 1.91. The molecule has 0 aliphatic heterocycles. The predicted octanol–water partition coefficient (Wildman–Crippen LogP) is 2.50. The van der Waals surface area contributed by atoms with E-state index in [1.807, 2.05) is 50.4 Å². The molecule has 2 rings (SSSR count). The predicted molar refractivity (Wildman–Crippen MR) is 91.5 cm³/mol. The van der Waals surface area contributed by atoms with Crippen LogP contribution in [-0.2, 0) is 13.0 Å². The largest absolute Gasteiger partial charge is 0.348 e. The third-order valence-electron chi connectivity index (χ3n) is 3.33. The summed E-state index contributed by atoms with van der Waals surface area (Å²) in [6.45, 7) is 3.29. The number of benzene rings is 1. The molecule has 2 N–H and O–H groups in total. The third kappa shape index (κ3) is 5.13. The summed E-state index contributed by atoms with van der Waals surface area (Å²) in [6.07, 6.45) is 2.63. The Bertz CT molecular complexity index is 599. The van der Waals surface area contributed by atoms with Crippen LogP contribution in [0.25, 0.3) is 0 Å². The summed E-state index contributed by atoms with van der Waals surface area (Å²) in [6, 6.07) is 11.7. The van der Waals surface area contributed by atoms with Gasteiger partial charge in [-0.2, -0.15) is 0 Å². The zero-order valence-corrected chi connectivity index (χ0v) is 13.7. The minimum Gasteiger partial charge on any atom is -0.348 e. The van der Waals surface area contributed by atoms with E-state index < -0.39 is 0 Å². The van der Waals surface area contributed by atoms with Gasteiger partial charge in [-0.25, -0.2) is 0 Å². The van der Waals surface area contributed by atoms with E-state index in [2.05, 4.69) is 15.6 Å². The zero-order chi connectivity index (χ0) is 15.1. The van der Waals surface area contributed by atoms with Crippen LogP contribution in [0.15, 0.2) is 42.6 Å². The van der Waals surface area contributed by atoms with Gasteiger partial charge in [0.05, 0.1) is 0 Å². The molecule has 0 saturated heterocycles. The van der Waals surface area contributed by atoms with E-state index in [4.69, 9.17) is 0 Å². The summed E-state index contributed by atoms with van der Waals surface area (Å²) in [5.74, 6) is -0.0396. The van der Waals surface area contributed by atoms with Crippen molar-refractivity contribution in [3.8, 4) is 0 Å². The number of nitrogens with one attached hydrogen (secondary N) is 2. The van der Waals surface area contributed by atoms with Crippen molar-refractivity contribution in [3.05, 3.63) is 65.0 Å². The number of hydrogen-bond acceptors (Lipinski definition) is 3. The number of pyridine rings is 1. The number of nitrogens with zero attached hydrogens (tertiary/aromatic N) is 1. The maximum absolute atomic E-state index is 12.3. The Hall–Kier alpha value is -1.91. The number of rotatable bonds is 6. The molecule has 1 aromatic carbocycles. The maximum atomic E-state index is 12.3. The van der Waals surface area contributed by atoms with Crippen molar-refractivity contribution in [3.63, 3.8) is 0 Å². The fraction of sp³-hybridized carbons (Fsp3) is 0.294. The molecule has 0 saturated carbocycles. The first-order valence-corrected chi connectivity index (χ1v) is 7.13. The maximum Gasteiger partial charge on any atom is 0.251 e. The first kappa shape index (κ1) is 18.1. The average Bonchev–Trinajstić information content (AvgIpc) is 2.52. The molecule has 0 aliphatic rings. The quantitative estimate of drug-likeness (QED) is 0.860. The average molecular weight is 320 g/mol. The van der Waals surface area contributed by atoms with Gasteiger partial charge in [0.1, 0.15) is 0 Å². The Morgan fingerprint density at radius 1 is 1.18 bits per heavy atom. The van der Waals surface area contributed by atoms with E-state index in [1.54, 1.807) is 6.20 Å². The Labute approximate surface area is 137 Å². The molecule has 118 valence electrons. The van der Waals surface area contributed by atoms with Gasteiger partial charge in [0, 0.05) is 24.0 Å². The monoisotopic (exact) mass is 319 g/mol. The van der Waals surface area contributed by atoms with Crippen molar-refractivity contribution in [1.29, 1.82) is 0 Å². The lowest BCUT2D eigenvalue weighted by molar-refractivity contribution is 0.0950. The molecule has 4 nitrogen and oxygen atoms in total. The number of aryl methyl sites for hydroxylation is 1. The van der Waals surface area contributed by atoms with Crippen molar-refractivity contribution in [2.24, 2.45) is 0 Å². The molecule has 0 radical (unpaired) electrons. The number of amides is 1. The second-order valence-corrected chi connectivity index (χ2v) is 5.00. The molecule has 0 spiro atoms. The molecule has 22 heavy (non-hydrogen) atoms. The van der Waals surface area contributed by atoms with Crippen LogP contribution in [0.1, 0.15) is 27.2 Å². The van der Waals surface area contributed by atoms with Crippen molar-refractivity contribution < 1.29 is 4.79 Å². The van der Waals surface area contributed by atoms with Gasteiger partial charge in [0.25, 0.3) is 5.91 Å². The first-order valence-electron chi connectivity index (χ1n) is 7.13. The SMILES string of the molecule is CNCCc1ccccc1C(=O)NCc1ccc(C)nc1.Cl. The van der Waals surface area contributed by atoms with Crippen molar-refractivity contribution in [2.75, 3.05) is 13.6 Å². The number of carbonyl (C=O) groups is 1. The highest BCUT2D eigenvalue weighted by Gasteiger charge is 2.10. The zero-order valence-electron chi connectivity index (χ0n) is 12.9. The number of halogens is 1. The van der Waals surface area contributed by atoms with Crippen LogP contribution < -0.4 is 10.6 Å². The Morgan fingerprint density at radius 2 is 1.95 bits per heavy atom. The van der Waals surface area contributed by atoms with Gasteiger partial charge in [-0.3, -0.25) is 9.78 Å². The van der Waals surface area contributed by atoms with Crippen LogP contribution in [0, 0.1) is 6.92 Å². The third-order valence-corrected chi connectivity index (χ3v) is 3.33. The Kier molecular flexibility index (Phi) is 7.57. The smallest absolute Gasteiger partial charge is 0.251 e. The summed E-state index contributed by atoms with van der Waals surface area (Å²) in [5, 5.41) is 6.06. The fourth-order valence-corrected chi connectivity index (χ4v) is 2.10. The number of aromatic nitrogens is 1. The molecule has 0 aliphatic carbocycles. The summed E-state index contributed by atoms with van der Waals surface area (Å²) >= 11 is 0. The molecule has 1 aromatic heterocycles. The second kappa shape index (κ2) is 9.18. The van der Waals surface area contributed by atoms with Crippen molar-refractivity contribution >= 4 is 18.3 Å². The molecule has 0 bridgehead atoms. The minimum absolute atomic E-state index is 0. The lowest BCUT2D eigenvalue weighted by Gasteiger charge is -2.10. The molecular weight excluding hydrogens is 298 g/mol. The van der Waals surface area contributed by atoms with E-state index >= 15 is 0 Å². The Morgan fingerprint density at radius 3 is 2.64 bits per heavy atom. The molecule has 5 heteroatoms. The van der Waals surface area contributed by atoms with Gasteiger partial charge in [-0.15, -0.1) is 12.4 Å². The second-order valence-electron chi connectivity index (χ2n) is 5.00. The van der Waals surface area contributed by atoms with Crippen LogP contribution in [0.4, 0.5) is 0 Å². The van der Waals surface area contributed by atoms with E-state index in [-0.39, 0.29) is 18.3 Å².